The molecule has 0 bridgehead atoms. The summed E-state index contributed by atoms with van der Waals surface area (Å²) >= 11 is 5.71. The van der Waals surface area contributed by atoms with Gasteiger partial charge in [-0.15, -0.1) is 13.2 Å². The zero-order chi connectivity index (χ0) is 13.5. The molecule has 0 radical (unpaired) electrons. The number of hydrogen-bond donors (Lipinski definition) is 1. The van der Waals surface area contributed by atoms with Crippen LogP contribution in [0, 0.1) is 6.92 Å². The van der Waals surface area contributed by atoms with Gasteiger partial charge in [0.2, 0.25) is 0 Å². The lowest BCUT2D eigenvalue weighted by atomic mass is 10.1. The molecule has 0 aliphatic carbocycles. The van der Waals surface area contributed by atoms with Gasteiger partial charge in [0.1, 0.15) is 0 Å². The minimum Gasteiger partial charge on any atom is -0.403 e. The van der Waals surface area contributed by atoms with Crippen molar-refractivity contribution >= 4 is 22.5 Å². The van der Waals surface area contributed by atoms with Gasteiger partial charge in [0.25, 0.3) is 5.56 Å². The summed E-state index contributed by atoms with van der Waals surface area (Å²) < 4.78 is 40.5. The van der Waals surface area contributed by atoms with E-state index >= 15 is 0 Å². The van der Waals surface area contributed by atoms with E-state index in [1.807, 2.05) is 0 Å². The summed E-state index contributed by atoms with van der Waals surface area (Å²) in [5.74, 6) is -0.526. The Labute approximate surface area is 104 Å². The first-order valence-corrected chi connectivity index (χ1v) is 5.23. The molecule has 1 aromatic carbocycles. The fourth-order valence-electron chi connectivity index (χ4n) is 1.57. The second-order valence-electron chi connectivity index (χ2n) is 3.70. The quantitative estimate of drug-likeness (QED) is 0.868. The van der Waals surface area contributed by atoms with Crippen LogP contribution in [0.15, 0.2) is 23.0 Å². The molecule has 18 heavy (non-hydrogen) atoms. The van der Waals surface area contributed by atoms with E-state index < -0.39 is 17.7 Å². The van der Waals surface area contributed by atoms with Crippen LogP contribution in [-0.4, -0.2) is 11.3 Å². The van der Waals surface area contributed by atoms with Gasteiger partial charge in [0.05, 0.1) is 5.52 Å². The van der Waals surface area contributed by atoms with Crippen molar-refractivity contribution in [3.8, 4) is 5.75 Å². The molecule has 0 amide bonds. The summed E-state index contributed by atoms with van der Waals surface area (Å²) in [6, 6.07) is 3.90. The van der Waals surface area contributed by atoms with Crippen LogP contribution in [0.1, 0.15) is 5.56 Å². The molecule has 1 N–H and O–H groups in total. The van der Waals surface area contributed by atoms with Crippen molar-refractivity contribution in [1.82, 2.24) is 4.98 Å². The lowest BCUT2D eigenvalue weighted by Crippen LogP contribution is -2.18. The Morgan fingerprint density at radius 2 is 1.94 bits per heavy atom. The van der Waals surface area contributed by atoms with Crippen molar-refractivity contribution < 1.29 is 17.9 Å². The molecule has 1 aromatic heterocycles. The summed E-state index contributed by atoms with van der Waals surface area (Å²) in [6.45, 7) is 1.55. The fraction of sp³-hybridized carbons (Fsp3) is 0.182. The third kappa shape index (κ3) is 2.59. The second kappa shape index (κ2) is 4.20. The molecule has 0 spiro atoms. The number of benzene rings is 1. The predicted molar refractivity (Wildman–Crippen MR) is 61.0 cm³/mol. The zero-order valence-electron chi connectivity index (χ0n) is 9.06. The van der Waals surface area contributed by atoms with E-state index in [0.717, 1.165) is 6.07 Å². The predicted octanol–water partition coefficient (Wildman–Crippen LogP) is 3.39. The van der Waals surface area contributed by atoms with Gasteiger partial charge in [-0.1, -0.05) is 11.6 Å². The Bertz CT molecular complexity index is 664. The van der Waals surface area contributed by atoms with E-state index in [1.165, 1.54) is 12.1 Å². The molecule has 0 atom stereocenters. The third-order valence-electron chi connectivity index (χ3n) is 2.29. The highest BCUT2D eigenvalue weighted by molar-refractivity contribution is 6.31. The molecular weight excluding hydrogens is 271 g/mol. The highest BCUT2D eigenvalue weighted by Gasteiger charge is 2.32. The van der Waals surface area contributed by atoms with Gasteiger partial charge >= 0.3 is 6.36 Å². The van der Waals surface area contributed by atoms with Crippen molar-refractivity contribution in [3.05, 3.63) is 39.1 Å². The van der Waals surface area contributed by atoms with E-state index in [0.29, 0.717) is 10.9 Å². The van der Waals surface area contributed by atoms with E-state index in [2.05, 4.69) is 9.72 Å². The Morgan fingerprint density at radius 3 is 2.56 bits per heavy atom. The highest BCUT2D eigenvalue weighted by Crippen LogP contribution is 2.32. The molecule has 0 saturated heterocycles. The summed E-state index contributed by atoms with van der Waals surface area (Å²) in [6.07, 6.45) is -4.85. The topological polar surface area (TPSA) is 42.1 Å². The molecule has 96 valence electrons. The average Bonchev–Trinajstić information content (AvgIpc) is 2.18. The number of ether oxygens (including phenoxy) is 1. The van der Waals surface area contributed by atoms with Crippen molar-refractivity contribution in [2.75, 3.05) is 0 Å². The average molecular weight is 278 g/mol. The van der Waals surface area contributed by atoms with Crippen molar-refractivity contribution in [2.45, 2.75) is 13.3 Å². The number of aryl methyl sites for hydroxylation is 1. The molecule has 1 heterocycles. The minimum absolute atomic E-state index is 0.0349. The van der Waals surface area contributed by atoms with Gasteiger partial charge in [0.15, 0.2) is 5.75 Å². The number of fused-ring (bicyclic) bond motifs is 1. The summed E-state index contributed by atoms with van der Waals surface area (Å²) in [4.78, 5) is 13.7. The Kier molecular flexibility index (Phi) is 2.98. The van der Waals surface area contributed by atoms with Crippen LogP contribution in [0.5, 0.6) is 5.75 Å². The number of H-pyrrole nitrogens is 1. The van der Waals surface area contributed by atoms with E-state index in [1.54, 1.807) is 6.92 Å². The fourth-order valence-corrected chi connectivity index (χ4v) is 1.78. The van der Waals surface area contributed by atoms with Crippen molar-refractivity contribution in [3.63, 3.8) is 0 Å². The maximum absolute atomic E-state index is 12.2. The zero-order valence-corrected chi connectivity index (χ0v) is 9.82. The summed E-state index contributed by atoms with van der Waals surface area (Å²) in [5.41, 5.74) is -0.133. The standard InChI is InChI=1S/C11H7ClF3NO2/c1-5-2-6-3-7(12)4-8(18-11(13,14)15)9(6)16-10(5)17/h2-4H,1H3,(H,16,17). The molecule has 0 aliphatic heterocycles. The number of rotatable bonds is 1. The Hall–Kier alpha value is -1.69. The first kappa shape index (κ1) is 12.8. The number of pyridine rings is 1. The van der Waals surface area contributed by atoms with E-state index in [-0.39, 0.29) is 10.5 Å². The molecule has 7 heteroatoms. The normalized spacial score (nSPS) is 11.8. The highest BCUT2D eigenvalue weighted by atomic mass is 35.5. The number of alkyl halides is 3. The lowest BCUT2D eigenvalue weighted by Gasteiger charge is -2.12. The van der Waals surface area contributed by atoms with Gasteiger partial charge in [0, 0.05) is 22.0 Å². The van der Waals surface area contributed by atoms with Crippen LogP contribution in [0.3, 0.4) is 0 Å². The molecule has 0 saturated carbocycles. The van der Waals surface area contributed by atoms with Gasteiger partial charge in [-0.25, -0.2) is 0 Å². The first-order chi connectivity index (χ1) is 8.26. The number of nitrogens with one attached hydrogen (secondary N) is 1. The number of halogens is 4. The number of aromatic amines is 1. The minimum atomic E-state index is -4.85. The van der Waals surface area contributed by atoms with E-state index in [4.69, 9.17) is 11.6 Å². The maximum Gasteiger partial charge on any atom is 0.573 e. The van der Waals surface area contributed by atoms with E-state index in [9.17, 15) is 18.0 Å². The van der Waals surface area contributed by atoms with Crippen LogP contribution in [0.25, 0.3) is 10.9 Å². The molecule has 0 aliphatic rings. The molecule has 2 rings (SSSR count). The van der Waals surface area contributed by atoms with Gasteiger partial charge in [-0.3, -0.25) is 4.79 Å². The largest absolute Gasteiger partial charge is 0.573 e. The van der Waals surface area contributed by atoms with Crippen LogP contribution in [0.4, 0.5) is 13.2 Å². The SMILES string of the molecule is Cc1cc2cc(Cl)cc(OC(F)(F)F)c2[nH]c1=O. The maximum atomic E-state index is 12.2. The third-order valence-corrected chi connectivity index (χ3v) is 2.51. The summed E-state index contributed by atoms with van der Waals surface area (Å²) in [5, 5.41) is 0.465. The lowest BCUT2D eigenvalue weighted by molar-refractivity contribution is -0.274. The molecular formula is C11H7ClF3NO2. The smallest absolute Gasteiger partial charge is 0.403 e. The molecule has 0 fully saturated rings. The Balaban J connectivity index is 2.72. The van der Waals surface area contributed by atoms with Crippen LogP contribution in [-0.2, 0) is 0 Å². The molecule has 0 unspecified atom stereocenters. The first-order valence-electron chi connectivity index (χ1n) is 4.85. The van der Waals surface area contributed by atoms with Gasteiger partial charge < -0.3 is 9.72 Å². The summed E-state index contributed by atoms with van der Waals surface area (Å²) in [7, 11) is 0. The van der Waals surface area contributed by atoms with Crippen LogP contribution in [0.2, 0.25) is 5.02 Å². The van der Waals surface area contributed by atoms with Crippen molar-refractivity contribution in [2.24, 2.45) is 0 Å². The second-order valence-corrected chi connectivity index (χ2v) is 4.13. The molecule has 2 aromatic rings. The van der Waals surface area contributed by atoms with Crippen LogP contribution >= 0.6 is 11.6 Å². The van der Waals surface area contributed by atoms with Crippen LogP contribution < -0.4 is 10.3 Å². The molecule has 3 nitrogen and oxygen atoms in total. The number of hydrogen-bond acceptors (Lipinski definition) is 2. The van der Waals surface area contributed by atoms with Gasteiger partial charge in [-0.05, 0) is 19.1 Å². The Morgan fingerprint density at radius 1 is 1.28 bits per heavy atom. The monoisotopic (exact) mass is 277 g/mol. The van der Waals surface area contributed by atoms with Gasteiger partial charge in [-0.2, -0.15) is 0 Å². The van der Waals surface area contributed by atoms with Crippen molar-refractivity contribution in [1.29, 1.82) is 0 Å². The number of aromatic nitrogens is 1.